The van der Waals surface area contributed by atoms with Crippen molar-refractivity contribution in [2.75, 3.05) is 6.61 Å². The van der Waals surface area contributed by atoms with Gasteiger partial charge >= 0.3 is 5.97 Å². The Hall–Kier alpha value is -2.75. The Morgan fingerprint density at radius 3 is 2.39 bits per heavy atom. The molecule has 0 radical (unpaired) electrons. The number of rotatable bonds is 7. The van der Waals surface area contributed by atoms with E-state index in [1.807, 2.05) is 24.3 Å². The molecule has 0 heterocycles. The number of carbonyl (C=O) groups excluding carboxylic acids is 1. The summed E-state index contributed by atoms with van der Waals surface area (Å²) in [6.45, 7) is 4.50. The zero-order valence-electron chi connectivity index (χ0n) is 13.3. The number of esters is 1. The van der Waals surface area contributed by atoms with Crippen molar-refractivity contribution in [3.05, 3.63) is 60.7 Å². The van der Waals surface area contributed by atoms with Gasteiger partial charge < -0.3 is 14.2 Å². The highest BCUT2D eigenvalue weighted by Gasteiger charge is 2.03. The van der Waals surface area contributed by atoms with Gasteiger partial charge in [0.25, 0.3) is 0 Å². The third kappa shape index (κ3) is 5.51. The molecule has 120 valence electrons. The first-order chi connectivity index (χ1) is 11.2. The molecule has 0 aromatic heterocycles. The highest BCUT2D eigenvalue weighted by molar-refractivity contribution is 5.83. The monoisotopic (exact) mass is 312 g/mol. The molecule has 0 aliphatic carbocycles. The minimum atomic E-state index is -0.401. The summed E-state index contributed by atoms with van der Waals surface area (Å²) in [4.78, 5) is 11.4. The number of allylic oxidation sites excluding steroid dienone is 1. The molecule has 2 aromatic carbocycles. The van der Waals surface area contributed by atoms with Crippen molar-refractivity contribution in [2.24, 2.45) is 0 Å². The van der Waals surface area contributed by atoms with E-state index in [9.17, 15) is 4.79 Å². The molecule has 0 N–H and O–H groups in total. The van der Waals surface area contributed by atoms with E-state index in [0.29, 0.717) is 23.9 Å². The lowest BCUT2D eigenvalue weighted by Gasteiger charge is -2.09. The SMILES string of the molecule is CC=CC(=O)Oc1ccc(Oc2cccc(OCCC)c2)cc1. The van der Waals surface area contributed by atoms with Crippen LogP contribution in [0.15, 0.2) is 60.7 Å². The number of carbonyl (C=O) groups is 1. The van der Waals surface area contributed by atoms with Crippen molar-refractivity contribution in [2.45, 2.75) is 20.3 Å². The molecular weight excluding hydrogens is 292 g/mol. The summed E-state index contributed by atoms with van der Waals surface area (Å²) in [6, 6.07) is 14.4. The summed E-state index contributed by atoms with van der Waals surface area (Å²) >= 11 is 0. The van der Waals surface area contributed by atoms with Crippen molar-refractivity contribution >= 4 is 5.97 Å². The summed E-state index contributed by atoms with van der Waals surface area (Å²) in [5.74, 6) is 2.20. The van der Waals surface area contributed by atoms with Crippen LogP contribution in [0, 0.1) is 0 Å². The molecule has 0 amide bonds. The van der Waals surface area contributed by atoms with Crippen LogP contribution in [0.4, 0.5) is 0 Å². The second-order valence-electron chi connectivity index (χ2n) is 4.82. The fourth-order valence-electron chi connectivity index (χ4n) is 1.85. The topological polar surface area (TPSA) is 44.8 Å². The van der Waals surface area contributed by atoms with E-state index < -0.39 is 5.97 Å². The molecular formula is C19H20O4. The fraction of sp³-hybridized carbons (Fsp3) is 0.211. The van der Waals surface area contributed by atoms with E-state index in [1.165, 1.54) is 6.08 Å². The van der Waals surface area contributed by atoms with Crippen molar-refractivity contribution in [3.8, 4) is 23.0 Å². The highest BCUT2D eigenvalue weighted by Crippen LogP contribution is 2.26. The summed E-state index contributed by atoms with van der Waals surface area (Å²) in [6.07, 6.45) is 3.96. The Labute approximate surface area is 136 Å². The van der Waals surface area contributed by atoms with E-state index in [-0.39, 0.29) is 0 Å². The molecule has 4 heteroatoms. The van der Waals surface area contributed by atoms with Crippen molar-refractivity contribution < 1.29 is 19.0 Å². The maximum atomic E-state index is 11.4. The summed E-state index contributed by atoms with van der Waals surface area (Å²) < 4.78 is 16.5. The summed E-state index contributed by atoms with van der Waals surface area (Å²) in [5, 5.41) is 0. The van der Waals surface area contributed by atoms with Gasteiger partial charge in [-0.3, -0.25) is 0 Å². The molecule has 0 aliphatic rings. The Bertz CT molecular complexity index is 659. The predicted molar refractivity (Wildman–Crippen MR) is 89.2 cm³/mol. The van der Waals surface area contributed by atoms with Crippen LogP contribution < -0.4 is 14.2 Å². The molecule has 0 atom stereocenters. The van der Waals surface area contributed by atoms with Gasteiger partial charge in [0, 0.05) is 12.1 Å². The second-order valence-corrected chi connectivity index (χ2v) is 4.82. The van der Waals surface area contributed by atoms with E-state index in [1.54, 1.807) is 37.3 Å². The van der Waals surface area contributed by atoms with E-state index >= 15 is 0 Å². The van der Waals surface area contributed by atoms with Gasteiger partial charge in [-0.15, -0.1) is 0 Å². The maximum Gasteiger partial charge on any atom is 0.335 e. The summed E-state index contributed by atoms with van der Waals surface area (Å²) in [5.41, 5.74) is 0. The molecule has 0 saturated carbocycles. The molecule has 0 saturated heterocycles. The first-order valence-electron chi connectivity index (χ1n) is 7.56. The fourth-order valence-corrected chi connectivity index (χ4v) is 1.85. The van der Waals surface area contributed by atoms with E-state index in [4.69, 9.17) is 14.2 Å². The van der Waals surface area contributed by atoms with Gasteiger partial charge in [0.05, 0.1) is 6.61 Å². The van der Waals surface area contributed by atoms with Gasteiger partial charge in [-0.05, 0) is 49.7 Å². The smallest absolute Gasteiger partial charge is 0.335 e. The number of ether oxygens (including phenoxy) is 3. The van der Waals surface area contributed by atoms with Crippen LogP contribution in [0.2, 0.25) is 0 Å². The third-order valence-corrected chi connectivity index (χ3v) is 2.86. The maximum absolute atomic E-state index is 11.4. The number of benzene rings is 2. The van der Waals surface area contributed by atoms with Crippen LogP contribution in [-0.4, -0.2) is 12.6 Å². The van der Waals surface area contributed by atoms with Gasteiger partial charge in [0.1, 0.15) is 23.0 Å². The largest absolute Gasteiger partial charge is 0.493 e. The molecule has 0 bridgehead atoms. The molecule has 0 spiro atoms. The third-order valence-electron chi connectivity index (χ3n) is 2.86. The Kier molecular flexibility index (Phi) is 6.24. The van der Waals surface area contributed by atoms with Gasteiger partial charge in [0.15, 0.2) is 0 Å². The van der Waals surface area contributed by atoms with Gasteiger partial charge in [-0.2, -0.15) is 0 Å². The molecule has 0 aliphatic heterocycles. The molecule has 0 fully saturated rings. The predicted octanol–water partition coefficient (Wildman–Crippen LogP) is 4.75. The van der Waals surface area contributed by atoms with E-state index in [0.717, 1.165) is 12.2 Å². The molecule has 4 nitrogen and oxygen atoms in total. The lowest BCUT2D eigenvalue weighted by atomic mass is 10.3. The second kappa shape index (κ2) is 8.63. The van der Waals surface area contributed by atoms with Crippen molar-refractivity contribution in [1.29, 1.82) is 0 Å². The average molecular weight is 312 g/mol. The van der Waals surface area contributed by atoms with Crippen LogP contribution in [0.1, 0.15) is 20.3 Å². The number of hydrogen-bond donors (Lipinski definition) is 0. The Morgan fingerprint density at radius 2 is 1.70 bits per heavy atom. The van der Waals surface area contributed by atoms with Crippen LogP contribution in [-0.2, 0) is 4.79 Å². The zero-order chi connectivity index (χ0) is 16.5. The van der Waals surface area contributed by atoms with Gasteiger partial charge in [-0.25, -0.2) is 4.79 Å². The lowest BCUT2D eigenvalue weighted by Crippen LogP contribution is -2.03. The molecule has 2 aromatic rings. The van der Waals surface area contributed by atoms with Crippen molar-refractivity contribution in [3.63, 3.8) is 0 Å². The first kappa shape index (κ1) is 16.6. The van der Waals surface area contributed by atoms with Gasteiger partial charge in [0.2, 0.25) is 0 Å². The lowest BCUT2D eigenvalue weighted by molar-refractivity contribution is -0.129. The standard InChI is InChI=1S/C19H20O4/c1-3-6-19(20)23-16-11-9-15(10-12-16)22-18-8-5-7-17(14-18)21-13-4-2/h3,5-12,14H,4,13H2,1-2H3. The Balaban J connectivity index is 1.99. The summed E-state index contributed by atoms with van der Waals surface area (Å²) in [7, 11) is 0. The van der Waals surface area contributed by atoms with Crippen LogP contribution >= 0.6 is 0 Å². The van der Waals surface area contributed by atoms with Crippen LogP contribution in [0.3, 0.4) is 0 Å². The molecule has 23 heavy (non-hydrogen) atoms. The molecule has 2 rings (SSSR count). The van der Waals surface area contributed by atoms with E-state index in [2.05, 4.69) is 6.92 Å². The normalized spacial score (nSPS) is 10.5. The minimum Gasteiger partial charge on any atom is -0.493 e. The van der Waals surface area contributed by atoms with Crippen LogP contribution in [0.25, 0.3) is 0 Å². The van der Waals surface area contributed by atoms with Crippen LogP contribution in [0.5, 0.6) is 23.0 Å². The highest BCUT2D eigenvalue weighted by atomic mass is 16.5. The average Bonchev–Trinajstić information content (AvgIpc) is 2.55. The van der Waals surface area contributed by atoms with Crippen molar-refractivity contribution in [1.82, 2.24) is 0 Å². The first-order valence-corrected chi connectivity index (χ1v) is 7.56. The van der Waals surface area contributed by atoms with Gasteiger partial charge in [-0.1, -0.05) is 19.1 Å². The minimum absolute atomic E-state index is 0.401. The molecule has 0 unspecified atom stereocenters. The number of hydrogen-bond acceptors (Lipinski definition) is 4. The zero-order valence-corrected chi connectivity index (χ0v) is 13.3. The Morgan fingerprint density at radius 1 is 1.00 bits per heavy atom. The quantitative estimate of drug-likeness (QED) is 0.420.